The Morgan fingerprint density at radius 1 is 0.931 bits per heavy atom. The van der Waals surface area contributed by atoms with Gasteiger partial charge in [-0.15, -0.1) is 0 Å². The zero-order valence-electron chi connectivity index (χ0n) is 17.0. The lowest BCUT2D eigenvalue weighted by atomic mass is 10.0. The van der Waals surface area contributed by atoms with Crippen LogP contribution in [-0.4, -0.2) is 36.2 Å². The molecule has 0 bridgehead atoms. The van der Waals surface area contributed by atoms with E-state index < -0.39 is 0 Å². The molecule has 0 saturated carbocycles. The van der Waals surface area contributed by atoms with Crippen LogP contribution in [0.5, 0.6) is 11.5 Å². The third kappa shape index (κ3) is 5.01. The number of benzene rings is 2. The SMILES string of the molecule is COc1ccc(-c2cnc(NC(N)=NC(C)C)nc2-c2ccc(OC)cc2)cc1. The summed E-state index contributed by atoms with van der Waals surface area (Å²) in [5, 5.41) is 2.96. The molecule has 3 N–H and O–H groups in total. The van der Waals surface area contributed by atoms with Gasteiger partial charge < -0.3 is 15.2 Å². The summed E-state index contributed by atoms with van der Waals surface area (Å²) in [6.07, 6.45) is 1.78. The Hall–Kier alpha value is -3.61. The number of hydrogen-bond donors (Lipinski definition) is 2. The second-order valence-corrected chi connectivity index (χ2v) is 6.65. The molecular weight excluding hydrogens is 366 g/mol. The van der Waals surface area contributed by atoms with E-state index in [2.05, 4.69) is 15.3 Å². The number of guanidine groups is 1. The monoisotopic (exact) mass is 391 g/mol. The first-order valence-corrected chi connectivity index (χ1v) is 9.26. The maximum atomic E-state index is 5.94. The molecule has 0 unspecified atom stereocenters. The largest absolute Gasteiger partial charge is 0.497 e. The van der Waals surface area contributed by atoms with Gasteiger partial charge in [0.2, 0.25) is 5.95 Å². The van der Waals surface area contributed by atoms with E-state index in [0.717, 1.165) is 33.9 Å². The van der Waals surface area contributed by atoms with Crippen LogP contribution in [0.1, 0.15) is 13.8 Å². The quantitative estimate of drug-likeness (QED) is 0.488. The minimum Gasteiger partial charge on any atom is -0.497 e. The molecule has 29 heavy (non-hydrogen) atoms. The summed E-state index contributed by atoms with van der Waals surface area (Å²) in [6.45, 7) is 3.90. The molecule has 0 spiro atoms. The van der Waals surface area contributed by atoms with Crippen LogP contribution in [0.25, 0.3) is 22.4 Å². The minimum atomic E-state index is 0.0714. The number of nitrogens with two attached hydrogens (primary N) is 1. The molecule has 0 radical (unpaired) electrons. The van der Waals surface area contributed by atoms with E-state index in [1.807, 2.05) is 62.4 Å². The van der Waals surface area contributed by atoms with Gasteiger partial charge in [-0.25, -0.2) is 9.97 Å². The van der Waals surface area contributed by atoms with E-state index in [-0.39, 0.29) is 12.0 Å². The Bertz CT molecular complexity index is 983. The standard InChI is InChI=1S/C22H25N5O2/c1-14(2)25-21(23)27-22-24-13-19(15-5-9-17(28-3)10-6-15)20(26-22)16-7-11-18(29-4)12-8-16/h5-14H,1-4H3,(H3,23,24,25,26,27). The predicted molar refractivity (Wildman–Crippen MR) is 116 cm³/mol. The Kier molecular flexibility index (Phi) is 6.29. The normalized spacial score (nSPS) is 11.4. The maximum absolute atomic E-state index is 5.94. The summed E-state index contributed by atoms with van der Waals surface area (Å²) < 4.78 is 10.5. The number of methoxy groups -OCH3 is 2. The summed E-state index contributed by atoms with van der Waals surface area (Å²) in [7, 11) is 3.28. The van der Waals surface area contributed by atoms with Crippen molar-refractivity contribution < 1.29 is 9.47 Å². The van der Waals surface area contributed by atoms with Crippen LogP contribution in [0.2, 0.25) is 0 Å². The lowest BCUT2D eigenvalue weighted by Crippen LogP contribution is -2.25. The van der Waals surface area contributed by atoms with E-state index >= 15 is 0 Å². The molecule has 2 aromatic carbocycles. The first-order chi connectivity index (χ1) is 14.0. The molecule has 1 heterocycles. The van der Waals surface area contributed by atoms with Gasteiger partial charge >= 0.3 is 0 Å². The lowest BCUT2D eigenvalue weighted by molar-refractivity contribution is 0.414. The number of aliphatic imine (C=N–C) groups is 1. The van der Waals surface area contributed by atoms with Gasteiger partial charge in [0.05, 0.1) is 19.9 Å². The molecule has 3 rings (SSSR count). The number of hydrogen-bond acceptors (Lipinski definition) is 5. The fourth-order valence-corrected chi connectivity index (χ4v) is 2.82. The van der Waals surface area contributed by atoms with Gasteiger partial charge in [-0.05, 0) is 55.8 Å². The van der Waals surface area contributed by atoms with Crippen molar-refractivity contribution in [1.82, 2.24) is 9.97 Å². The van der Waals surface area contributed by atoms with E-state index in [1.54, 1.807) is 20.4 Å². The molecule has 7 heteroatoms. The van der Waals surface area contributed by atoms with E-state index in [0.29, 0.717) is 5.95 Å². The van der Waals surface area contributed by atoms with Crippen molar-refractivity contribution in [2.45, 2.75) is 19.9 Å². The minimum absolute atomic E-state index is 0.0714. The second kappa shape index (κ2) is 9.05. The van der Waals surface area contributed by atoms with Crippen LogP contribution in [0.3, 0.4) is 0 Å². The van der Waals surface area contributed by atoms with Crippen LogP contribution in [-0.2, 0) is 0 Å². The van der Waals surface area contributed by atoms with Gasteiger partial charge in [0.15, 0.2) is 5.96 Å². The van der Waals surface area contributed by atoms with Crippen LogP contribution in [0, 0.1) is 0 Å². The van der Waals surface area contributed by atoms with Crippen molar-refractivity contribution in [2.75, 3.05) is 19.5 Å². The zero-order chi connectivity index (χ0) is 20.8. The maximum Gasteiger partial charge on any atom is 0.230 e. The van der Waals surface area contributed by atoms with Gasteiger partial charge in [0, 0.05) is 23.4 Å². The smallest absolute Gasteiger partial charge is 0.230 e. The molecule has 0 aliphatic rings. The van der Waals surface area contributed by atoms with Crippen LogP contribution >= 0.6 is 0 Å². The Balaban J connectivity index is 2.06. The van der Waals surface area contributed by atoms with Gasteiger partial charge in [0.25, 0.3) is 0 Å². The average Bonchev–Trinajstić information content (AvgIpc) is 2.73. The molecule has 0 saturated heterocycles. The summed E-state index contributed by atoms with van der Waals surface area (Å²) in [4.78, 5) is 13.4. The molecule has 1 aromatic heterocycles. The highest BCUT2D eigenvalue weighted by Gasteiger charge is 2.13. The number of anilines is 1. The van der Waals surface area contributed by atoms with E-state index in [9.17, 15) is 0 Å². The predicted octanol–water partition coefficient (Wildman–Crippen LogP) is 3.96. The molecule has 0 aliphatic heterocycles. The highest BCUT2D eigenvalue weighted by molar-refractivity contribution is 5.91. The highest BCUT2D eigenvalue weighted by atomic mass is 16.5. The summed E-state index contributed by atoms with van der Waals surface area (Å²) >= 11 is 0. The van der Waals surface area contributed by atoms with E-state index in [4.69, 9.17) is 20.2 Å². The number of nitrogens with one attached hydrogen (secondary N) is 1. The molecule has 0 fully saturated rings. The zero-order valence-corrected chi connectivity index (χ0v) is 17.0. The first kappa shape index (κ1) is 20.1. The van der Waals surface area contributed by atoms with Gasteiger partial charge in [-0.1, -0.05) is 12.1 Å². The van der Waals surface area contributed by atoms with Gasteiger partial charge in [0.1, 0.15) is 11.5 Å². The van der Waals surface area contributed by atoms with Crippen LogP contribution in [0.15, 0.2) is 59.7 Å². The van der Waals surface area contributed by atoms with Crippen LogP contribution < -0.4 is 20.5 Å². The third-order valence-corrected chi connectivity index (χ3v) is 4.19. The van der Waals surface area contributed by atoms with Crippen molar-refractivity contribution in [1.29, 1.82) is 0 Å². The number of nitrogens with zero attached hydrogens (tertiary/aromatic N) is 3. The van der Waals surface area contributed by atoms with Crippen molar-refractivity contribution in [3.8, 4) is 33.9 Å². The molecule has 0 amide bonds. The third-order valence-electron chi connectivity index (χ3n) is 4.19. The van der Waals surface area contributed by atoms with Crippen molar-refractivity contribution in [2.24, 2.45) is 10.7 Å². The lowest BCUT2D eigenvalue weighted by Gasteiger charge is -2.13. The molecule has 3 aromatic rings. The molecular formula is C22H25N5O2. The van der Waals surface area contributed by atoms with E-state index in [1.165, 1.54) is 0 Å². The first-order valence-electron chi connectivity index (χ1n) is 9.26. The fraction of sp³-hybridized carbons (Fsp3) is 0.227. The summed E-state index contributed by atoms with van der Waals surface area (Å²) in [5.74, 6) is 2.23. The summed E-state index contributed by atoms with van der Waals surface area (Å²) in [6, 6.07) is 15.6. The summed E-state index contributed by atoms with van der Waals surface area (Å²) in [5.41, 5.74) is 9.52. The Morgan fingerprint density at radius 3 is 2.00 bits per heavy atom. The van der Waals surface area contributed by atoms with Gasteiger partial charge in [-0.2, -0.15) is 0 Å². The Morgan fingerprint density at radius 2 is 1.48 bits per heavy atom. The number of aromatic nitrogens is 2. The van der Waals surface area contributed by atoms with Gasteiger partial charge in [-0.3, -0.25) is 10.3 Å². The van der Waals surface area contributed by atoms with Crippen molar-refractivity contribution >= 4 is 11.9 Å². The Labute approximate surface area is 170 Å². The second-order valence-electron chi connectivity index (χ2n) is 6.65. The molecule has 150 valence electrons. The number of rotatable bonds is 6. The number of ether oxygens (including phenoxy) is 2. The molecule has 0 aliphatic carbocycles. The fourth-order valence-electron chi connectivity index (χ4n) is 2.82. The molecule has 0 atom stereocenters. The topological polar surface area (TPSA) is 94.7 Å². The molecule has 7 nitrogen and oxygen atoms in total. The van der Waals surface area contributed by atoms with Crippen molar-refractivity contribution in [3.05, 3.63) is 54.7 Å². The highest BCUT2D eigenvalue weighted by Crippen LogP contribution is 2.32. The average molecular weight is 391 g/mol. The van der Waals surface area contributed by atoms with Crippen LogP contribution in [0.4, 0.5) is 5.95 Å². The van der Waals surface area contributed by atoms with Crippen molar-refractivity contribution in [3.63, 3.8) is 0 Å².